The second kappa shape index (κ2) is 11.7. The summed E-state index contributed by atoms with van der Waals surface area (Å²) < 4.78 is 10.8. The molecular weight excluding hydrogens is 509 g/mol. The van der Waals surface area contributed by atoms with E-state index in [1.807, 2.05) is 12.1 Å². The number of hydrogen-bond acceptors (Lipinski definition) is 6. The molecule has 1 aromatic carbocycles. The van der Waals surface area contributed by atoms with Crippen molar-refractivity contribution >= 4 is 41.5 Å². The van der Waals surface area contributed by atoms with Crippen molar-refractivity contribution in [2.75, 3.05) is 40.0 Å². The average molecular weight is 536 g/mol. The van der Waals surface area contributed by atoms with Gasteiger partial charge in [-0.2, -0.15) is 4.98 Å². The first-order valence-electron chi connectivity index (χ1n) is 9.36. The van der Waals surface area contributed by atoms with Gasteiger partial charge in [-0.15, -0.1) is 24.0 Å². The van der Waals surface area contributed by atoms with Crippen LogP contribution in [0, 0.1) is 5.41 Å². The first kappa shape index (κ1) is 23.8. The molecule has 0 aliphatic carbocycles. The van der Waals surface area contributed by atoms with Crippen LogP contribution in [-0.4, -0.2) is 61.2 Å². The predicted octanol–water partition coefficient (Wildman–Crippen LogP) is 2.50. The molecule has 1 aliphatic heterocycles. The number of aliphatic hydroxyl groups excluding tert-OH is 1. The molecule has 0 bridgehead atoms. The van der Waals surface area contributed by atoms with Crippen LogP contribution in [0.15, 0.2) is 33.8 Å². The summed E-state index contributed by atoms with van der Waals surface area (Å²) in [6.45, 7) is 2.86. The molecule has 160 valence electrons. The van der Waals surface area contributed by atoms with Gasteiger partial charge in [0.2, 0.25) is 11.7 Å². The van der Waals surface area contributed by atoms with Gasteiger partial charge >= 0.3 is 0 Å². The molecule has 1 aromatic heterocycles. The van der Waals surface area contributed by atoms with Gasteiger partial charge in [-0.1, -0.05) is 16.8 Å². The highest BCUT2D eigenvalue weighted by Gasteiger charge is 2.34. The lowest BCUT2D eigenvalue weighted by Gasteiger charge is -2.27. The normalized spacial score (nSPS) is 19.1. The highest BCUT2D eigenvalue weighted by molar-refractivity contribution is 14.0. The van der Waals surface area contributed by atoms with Crippen LogP contribution in [0.1, 0.15) is 18.7 Å². The number of aromatic nitrogens is 2. The highest BCUT2D eigenvalue weighted by atomic mass is 127. The number of hydrogen-bond donors (Lipinski definition) is 3. The van der Waals surface area contributed by atoms with Crippen molar-refractivity contribution < 1.29 is 14.4 Å². The standard InChI is InChI=1S/C19H26ClN5O3.HI/c1-21-18(23-12-19(7-10-26)8-11-27-13-19)22-9-6-16-24-17(25-28-16)14-2-4-15(20)5-3-14;/h2-5,26H,6-13H2,1H3,(H2,21,22,23);1H. The number of nitrogens with zero attached hydrogens (tertiary/aromatic N) is 3. The maximum Gasteiger partial charge on any atom is 0.228 e. The lowest BCUT2D eigenvalue weighted by Crippen LogP contribution is -2.45. The predicted molar refractivity (Wildman–Crippen MR) is 123 cm³/mol. The highest BCUT2D eigenvalue weighted by Crippen LogP contribution is 2.31. The molecule has 0 spiro atoms. The minimum atomic E-state index is -0.0354. The summed E-state index contributed by atoms with van der Waals surface area (Å²) in [6, 6.07) is 7.30. The van der Waals surface area contributed by atoms with Crippen molar-refractivity contribution in [2.24, 2.45) is 10.4 Å². The number of aliphatic hydroxyl groups is 1. The van der Waals surface area contributed by atoms with E-state index in [9.17, 15) is 5.11 Å². The Morgan fingerprint density at radius 2 is 2.10 bits per heavy atom. The quantitative estimate of drug-likeness (QED) is 0.271. The van der Waals surface area contributed by atoms with E-state index >= 15 is 0 Å². The van der Waals surface area contributed by atoms with Crippen LogP contribution >= 0.6 is 35.6 Å². The fourth-order valence-corrected chi connectivity index (χ4v) is 3.29. The summed E-state index contributed by atoms with van der Waals surface area (Å²) >= 11 is 5.90. The molecule has 29 heavy (non-hydrogen) atoms. The van der Waals surface area contributed by atoms with E-state index < -0.39 is 0 Å². The van der Waals surface area contributed by atoms with Gasteiger partial charge in [-0.3, -0.25) is 4.99 Å². The molecular formula is C19H27ClIN5O3. The Labute approximate surface area is 192 Å². The molecule has 0 amide bonds. The number of aliphatic imine (C=N–C) groups is 1. The number of ether oxygens (including phenoxy) is 1. The van der Waals surface area contributed by atoms with E-state index in [4.69, 9.17) is 20.9 Å². The zero-order chi connectivity index (χ0) is 19.8. The molecule has 0 radical (unpaired) electrons. The number of rotatable bonds is 8. The molecule has 3 rings (SSSR count). The van der Waals surface area contributed by atoms with Crippen molar-refractivity contribution in [2.45, 2.75) is 19.3 Å². The minimum Gasteiger partial charge on any atom is -0.396 e. The average Bonchev–Trinajstić information content (AvgIpc) is 3.36. The van der Waals surface area contributed by atoms with Crippen LogP contribution in [0.5, 0.6) is 0 Å². The van der Waals surface area contributed by atoms with Gasteiger partial charge in [-0.05, 0) is 37.1 Å². The van der Waals surface area contributed by atoms with Crippen LogP contribution in [0.4, 0.5) is 0 Å². The summed E-state index contributed by atoms with van der Waals surface area (Å²) in [6.07, 6.45) is 2.23. The Morgan fingerprint density at radius 3 is 2.76 bits per heavy atom. The van der Waals surface area contributed by atoms with Gasteiger partial charge in [0.15, 0.2) is 5.96 Å². The molecule has 1 fully saturated rings. The van der Waals surface area contributed by atoms with Crippen LogP contribution in [0.25, 0.3) is 11.4 Å². The lowest BCUT2D eigenvalue weighted by atomic mass is 9.84. The number of benzene rings is 1. The van der Waals surface area contributed by atoms with Crippen LogP contribution < -0.4 is 10.6 Å². The van der Waals surface area contributed by atoms with Crippen molar-refractivity contribution in [3.8, 4) is 11.4 Å². The van der Waals surface area contributed by atoms with Crippen LogP contribution in [0.2, 0.25) is 5.02 Å². The van der Waals surface area contributed by atoms with Gasteiger partial charge in [0.25, 0.3) is 0 Å². The molecule has 2 aromatic rings. The molecule has 1 aliphatic rings. The van der Waals surface area contributed by atoms with E-state index in [0.29, 0.717) is 55.2 Å². The van der Waals surface area contributed by atoms with E-state index in [-0.39, 0.29) is 36.0 Å². The Morgan fingerprint density at radius 1 is 1.31 bits per heavy atom. The van der Waals surface area contributed by atoms with Crippen LogP contribution in [0.3, 0.4) is 0 Å². The minimum absolute atomic E-state index is 0. The van der Waals surface area contributed by atoms with E-state index in [1.165, 1.54) is 0 Å². The SMILES string of the molecule is CN=C(NCCc1nc(-c2ccc(Cl)cc2)no1)NCC1(CCO)CCOC1.I. The number of guanidine groups is 1. The maximum atomic E-state index is 9.32. The smallest absolute Gasteiger partial charge is 0.228 e. The second-order valence-electron chi connectivity index (χ2n) is 6.90. The Hall–Kier alpha value is -1.43. The Bertz CT molecular complexity index is 778. The summed E-state index contributed by atoms with van der Waals surface area (Å²) in [4.78, 5) is 8.66. The molecule has 2 heterocycles. The van der Waals surface area contributed by atoms with E-state index in [0.717, 1.165) is 18.6 Å². The monoisotopic (exact) mass is 535 g/mol. The number of halogens is 2. The molecule has 1 unspecified atom stereocenters. The largest absolute Gasteiger partial charge is 0.396 e. The third-order valence-corrected chi connectivity index (χ3v) is 5.14. The maximum absolute atomic E-state index is 9.32. The van der Waals surface area contributed by atoms with Gasteiger partial charge in [-0.25, -0.2) is 0 Å². The van der Waals surface area contributed by atoms with Gasteiger partial charge in [0, 0.05) is 55.8 Å². The topological polar surface area (TPSA) is 105 Å². The lowest BCUT2D eigenvalue weighted by molar-refractivity contribution is 0.127. The molecule has 1 atom stereocenters. The Kier molecular flexibility index (Phi) is 9.60. The zero-order valence-electron chi connectivity index (χ0n) is 16.4. The van der Waals surface area contributed by atoms with Crippen molar-refractivity contribution in [1.29, 1.82) is 0 Å². The molecule has 8 nitrogen and oxygen atoms in total. The first-order valence-corrected chi connectivity index (χ1v) is 9.74. The summed E-state index contributed by atoms with van der Waals surface area (Å²) in [5.41, 5.74) is 0.824. The molecule has 0 saturated carbocycles. The zero-order valence-corrected chi connectivity index (χ0v) is 19.4. The fraction of sp³-hybridized carbons (Fsp3) is 0.526. The summed E-state index contributed by atoms with van der Waals surface area (Å²) in [5.74, 6) is 1.79. The number of nitrogens with one attached hydrogen (secondary N) is 2. The van der Waals surface area contributed by atoms with Gasteiger partial charge in [0.1, 0.15) is 0 Å². The van der Waals surface area contributed by atoms with Gasteiger partial charge in [0.05, 0.1) is 6.61 Å². The molecule has 3 N–H and O–H groups in total. The fourth-order valence-electron chi connectivity index (χ4n) is 3.16. The Balaban J connectivity index is 0.00000300. The third kappa shape index (κ3) is 6.80. The van der Waals surface area contributed by atoms with Gasteiger partial charge < -0.3 is 25.0 Å². The molecule has 10 heteroatoms. The van der Waals surface area contributed by atoms with Crippen molar-refractivity contribution in [1.82, 2.24) is 20.8 Å². The molecule has 1 saturated heterocycles. The van der Waals surface area contributed by atoms with E-state index in [1.54, 1.807) is 19.2 Å². The third-order valence-electron chi connectivity index (χ3n) is 4.88. The summed E-state index contributed by atoms with van der Waals surface area (Å²) in [5, 5.41) is 20.6. The summed E-state index contributed by atoms with van der Waals surface area (Å²) in [7, 11) is 1.73. The first-order chi connectivity index (χ1) is 13.6. The van der Waals surface area contributed by atoms with E-state index in [2.05, 4.69) is 25.8 Å². The van der Waals surface area contributed by atoms with Crippen molar-refractivity contribution in [3.05, 3.63) is 35.2 Å². The van der Waals surface area contributed by atoms with Crippen LogP contribution in [-0.2, 0) is 11.2 Å². The second-order valence-corrected chi connectivity index (χ2v) is 7.33. The van der Waals surface area contributed by atoms with Crippen molar-refractivity contribution in [3.63, 3.8) is 0 Å².